The fourth-order valence-electron chi connectivity index (χ4n) is 1.81. The molecule has 4 nitrogen and oxygen atoms in total. The molecule has 0 fully saturated rings. The Morgan fingerprint density at radius 1 is 1.26 bits per heavy atom. The number of hydrogen-bond donors (Lipinski definition) is 3. The molecule has 2 atom stereocenters. The molecule has 0 saturated carbocycles. The van der Waals surface area contributed by atoms with Crippen LogP contribution in [0.5, 0.6) is 11.5 Å². The van der Waals surface area contributed by atoms with E-state index in [0.29, 0.717) is 18.1 Å². The van der Waals surface area contributed by atoms with Crippen molar-refractivity contribution in [2.75, 3.05) is 7.11 Å². The minimum atomic E-state index is -0.582. The van der Waals surface area contributed by atoms with Crippen molar-refractivity contribution in [1.82, 2.24) is 0 Å². The van der Waals surface area contributed by atoms with Crippen molar-refractivity contribution in [3.63, 3.8) is 0 Å². The maximum Gasteiger partial charge on any atom is 0.160 e. The second-order valence-corrected chi connectivity index (χ2v) is 5.00. The highest BCUT2D eigenvalue weighted by molar-refractivity contribution is 5.85. The summed E-state index contributed by atoms with van der Waals surface area (Å²) in [6.07, 6.45) is 1.02. The van der Waals surface area contributed by atoms with Crippen molar-refractivity contribution in [1.29, 1.82) is 0 Å². The Kier molecular flexibility index (Phi) is 7.83. The average molecular weight is 290 g/mol. The number of phenols is 1. The van der Waals surface area contributed by atoms with E-state index in [1.54, 1.807) is 12.1 Å². The Morgan fingerprint density at radius 3 is 2.42 bits per heavy atom. The molecule has 0 radical (unpaired) electrons. The van der Waals surface area contributed by atoms with Gasteiger partial charge in [0.15, 0.2) is 11.5 Å². The van der Waals surface area contributed by atoms with Gasteiger partial charge in [-0.05, 0) is 36.5 Å². The number of aliphatic hydroxyl groups excluding tert-OH is 1. The van der Waals surface area contributed by atoms with E-state index < -0.39 is 12.1 Å². The summed E-state index contributed by atoms with van der Waals surface area (Å²) in [6.45, 7) is 4.23. The van der Waals surface area contributed by atoms with Crippen LogP contribution >= 0.6 is 12.4 Å². The van der Waals surface area contributed by atoms with Crippen LogP contribution < -0.4 is 10.5 Å². The zero-order chi connectivity index (χ0) is 13.7. The second-order valence-electron chi connectivity index (χ2n) is 5.00. The average Bonchev–Trinajstić information content (AvgIpc) is 2.35. The van der Waals surface area contributed by atoms with Gasteiger partial charge in [0.25, 0.3) is 0 Å². The van der Waals surface area contributed by atoms with E-state index in [0.717, 1.165) is 12.0 Å². The summed E-state index contributed by atoms with van der Waals surface area (Å²) >= 11 is 0. The van der Waals surface area contributed by atoms with Crippen molar-refractivity contribution < 1.29 is 14.9 Å². The molecule has 5 heteroatoms. The van der Waals surface area contributed by atoms with Gasteiger partial charge in [-0.15, -0.1) is 12.4 Å². The highest BCUT2D eigenvalue weighted by atomic mass is 35.5. The summed E-state index contributed by atoms with van der Waals surface area (Å²) in [5.74, 6) is 0.991. The topological polar surface area (TPSA) is 75.7 Å². The van der Waals surface area contributed by atoms with Gasteiger partial charge in [0, 0.05) is 0 Å². The molecule has 4 N–H and O–H groups in total. The number of nitrogens with two attached hydrogens (primary N) is 1. The van der Waals surface area contributed by atoms with Crippen LogP contribution in [0.3, 0.4) is 0 Å². The number of phenolic OH excluding ortho intramolecular Hbond substituents is 1. The lowest BCUT2D eigenvalue weighted by molar-refractivity contribution is 0.128. The van der Waals surface area contributed by atoms with Gasteiger partial charge in [-0.1, -0.05) is 19.9 Å². The molecule has 1 aromatic carbocycles. The number of ether oxygens (including phenoxy) is 1. The molecular formula is C14H24ClNO3. The van der Waals surface area contributed by atoms with Gasteiger partial charge in [-0.2, -0.15) is 0 Å². The van der Waals surface area contributed by atoms with Crippen LogP contribution in [-0.4, -0.2) is 23.4 Å². The monoisotopic (exact) mass is 289 g/mol. The summed E-state index contributed by atoms with van der Waals surface area (Å²) in [5.41, 5.74) is 6.78. The van der Waals surface area contributed by atoms with E-state index in [9.17, 15) is 10.2 Å². The summed E-state index contributed by atoms with van der Waals surface area (Å²) in [5, 5.41) is 19.5. The number of hydrogen-bond acceptors (Lipinski definition) is 4. The molecule has 110 valence electrons. The van der Waals surface area contributed by atoms with Crippen molar-refractivity contribution >= 4 is 12.4 Å². The maximum atomic E-state index is 10.0. The first kappa shape index (κ1) is 18.0. The van der Waals surface area contributed by atoms with Gasteiger partial charge >= 0.3 is 0 Å². The van der Waals surface area contributed by atoms with Crippen molar-refractivity contribution in [3.8, 4) is 11.5 Å². The molecule has 1 aromatic rings. The van der Waals surface area contributed by atoms with Crippen LogP contribution in [0.25, 0.3) is 0 Å². The molecule has 0 aliphatic heterocycles. The minimum Gasteiger partial charge on any atom is -0.504 e. The first-order chi connectivity index (χ1) is 8.45. The lowest BCUT2D eigenvalue weighted by atomic mass is 9.96. The van der Waals surface area contributed by atoms with Gasteiger partial charge in [0.2, 0.25) is 0 Å². The predicted molar refractivity (Wildman–Crippen MR) is 78.9 cm³/mol. The molecule has 0 aromatic heterocycles. The molecule has 0 aliphatic carbocycles. The van der Waals surface area contributed by atoms with E-state index in [2.05, 4.69) is 13.8 Å². The van der Waals surface area contributed by atoms with E-state index >= 15 is 0 Å². The largest absolute Gasteiger partial charge is 0.504 e. The zero-order valence-corrected chi connectivity index (χ0v) is 12.5. The molecule has 0 spiro atoms. The molecule has 0 unspecified atom stereocenters. The number of methoxy groups -OCH3 is 1. The van der Waals surface area contributed by atoms with Gasteiger partial charge in [0.05, 0.1) is 19.3 Å². The van der Waals surface area contributed by atoms with E-state index in [1.165, 1.54) is 13.2 Å². The fourth-order valence-corrected chi connectivity index (χ4v) is 1.81. The maximum absolute atomic E-state index is 10.0. The van der Waals surface area contributed by atoms with Gasteiger partial charge in [-0.25, -0.2) is 0 Å². The zero-order valence-electron chi connectivity index (χ0n) is 11.7. The van der Waals surface area contributed by atoms with Crippen molar-refractivity contribution in [2.24, 2.45) is 11.7 Å². The molecule has 19 heavy (non-hydrogen) atoms. The minimum absolute atomic E-state index is 0. The number of rotatable bonds is 6. The molecule has 0 amide bonds. The lowest BCUT2D eigenvalue weighted by Gasteiger charge is -2.20. The summed E-state index contributed by atoms with van der Waals surface area (Å²) in [6, 6.07) is 4.45. The quantitative estimate of drug-likeness (QED) is 0.752. The molecule has 1 rings (SSSR count). The van der Waals surface area contributed by atoms with Gasteiger partial charge < -0.3 is 20.7 Å². The third-order valence-corrected chi connectivity index (χ3v) is 3.04. The summed E-state index contributed by atoms with van der Waals surface area (Å²) in [4.78, 5) is 0. The van der Waals surface area contributed by atoms with Crippen LogP contribution in [-0.2, 0) is 0 Å². The van der Waals surface area contributed by atoms with Gasteiger partial charge in [-0.3, -0.25) is 0 Å². The number of halogens is 1. The van der Waals surface area contributed by atoms with E-state index in [-0.39, 0.29) is 18.2 Å². The summed E-state index contributed by atoms with van der Waals surface area (Å²) in [7, 11) is 1.49. The van der Waals surface area contributed by atoms with E-state index in [4.69, 9.17) is 10.5 Å². The van der Waals surface area contributed by atoms with Crippen LogP contribution in [0, 0.1) is 5.92 Å². The first-order valence-corrected chi connectivity index (χ1v) is 6.26. The third kappa shape index (κ3) is 5.27. The Balaban J connectivity index is 0.00000324. The Labute approximate surface area is 121 Å². The molecule has 0 heterocycles. The number of aromatic hydroxyl groups is 1. The second kappa shape index (κ2) is 8.25. The van der Waals surface area contributed by atoms with Crippen LogP contribution in [0.2, 0.25) is 0 Å². The highest BCUT2D eigenvalue weighted by Crippen LogP contribution is 2.30. The van der Waals surface area contributed by atoms with Crippen molar-refractivity contribution in [2.45, 2.75) is 38.8 Å². The Bertz CT molecular complexity index is 385. The normalized spacial score (nSPS) is 13.8. The molecular weight excluding hydrogens is 266 g/mol. The lowest BCUT2D eigenvalue weighted by Crippen LogP contribution is -2.26. The Morgan fingerprint density at radius 2 is 1.89 bits per heavy atom. The molecule has 0 aliphatic rings. The standard InChI is InChI=1S/C14H23NO3.ClH/c1-9(2)4-6-12(17)14(15)10-5-7-11(16)13(8-10)18-3;/h5,7-9,12,14,16-17H,4,6,15H2,1-3H3;1H/t12-,14+;/m0./s1. The molecule has 0 saturated heterocycles. The number of aliphatic hydroxyl groups is 1. The first-order valence-electron chi connectivity index (χ1n) is 6.26. The smallest absolute Gasteiger partial charge is 0.160 e. The predicted octanol–water partition coefficient (Wildman–Crippen LogP) is 2.62. The fraction of sp³-hybridized carbons (Fsp3) is 0.571. The third-order valence-electron chi connectivity index (χ3n) is 3.04. The SMILES string of the molecule is COc1cc([C@@H](N)[C@@H](O)CCC(C)C)ccc1O.Cl. The van der Waals surface area contributed by atoms with Crippen molar-refractivity contribution in [3.05, 3.63) is 23.8 Å². The van der Waals surface area contributed by atoms with Crippen LogP contribution in [0.15, 0.2) is 18.2 Å². The molecule has 0 bridgehead atoms. The van der Waals surface area contributed by atoms with Crippen LogP contribution in [0.4, 0.5) is 0 Å². The highest BCUT2D eigenvalue weighted by Gasteiger charge is 2.18. The summed E-state index contributed by atoms with van der Waals surface area (Å²) < 4.78 is 5.03. The number of benzene rings is 1. The van der Waals surface area contributed by atoms with Gasteiger partial charge in [0.1, 0.15) is 0 Å². The van der Waals surface area contributed by atoms with Crippen LogP contribution in [0.1, 0.15) is 38.3 Å². The Hall–Kier alpha value is -0.970. The van der Waals surface area contributed by atoms with E-state index in [1.807, 2.05) is 0 Å².